The van der Waals surface area contributed by atoms with Crippen molar-refractivity contribution >= 4 is 38.2 Å². The molecule has 2 aliphatic heterocycles. The Morgan fingerprint density at radius 1 is 1.07 bits per heavy atom. The fraction of sp³-hybridized carbons (Fsp3) is 0.419. The second-order valence-electron chi connectivity index (χ2n) is 12.0. The van der Waals surface area contributed by atoms with E-state index >= 15 is 0 Å². The lowest BCUT2D eigenvalue weighted by Crippen LogP contribution is -2.65. The van der Waals surface area contributed by atoms with Gasteiger partial charge in [-0.3, -0.25) is 14.3 Å². The summed E-state index contributed by atoms with van der Waals surface area (Å²) < 4.78 is 33.3. The van der Waals surface area contributed by atoms with Crippen LogP contribution < -0.4 is 10.6 Å². The maximum atomic E-state index is 14.8. The summed E-state index contributed by atoms with van der Waals surface area (Å²) in [5, 5.41) is 0.956. The van der Waals surface area contributed by atoms with E-state index in [-0.39, 0.29) is 41.2 Å². The molecule has 1 amide bonds. The normalized spacial score (nSPS) is 21.9. The van der Waals surface area contributed by atoms with Gasteiger partial charge in [0, 0.05) is 5.92 Å². The molecule has 4 atom stereocenters. The lowest BCUT2D eigenvalue weighted by molar-refractivity contribution is -0.163. The van der Waals surface area contributed by atoms with Gasteiger partial charge in [0.15, 0.2) is 14.0 Å². The number of hydrogen-bond acceptors (Lipinski definition) is 6. The van der Waals surface area contributed by atoms with Crippen molar-refractivity contribution in [1.82, 2.24) is 4.90 Å². The smallest absolute Gasteiger partial charge is 0.358 e. The van der Waals surface area contributed by atoms with Crippen molar-refractivity contribution in [3.63, 3.8) is 0 Å². The Labute approximate surface area is 238 Å². The first-order valence-electron chi connectivity index (χ1n) is 13.7. The van der Waals surface area contributed by atoms with Crippen LogP contribution in [-0.2, 0) is 27.8 Å². The van der Waals surface area contributed by atoms with Gasteiger partial charge >= 0.3 is 13.3 Å². The minimum Gasteiger partial charge on any atom is -0.457 e. The molecule has 2 heterocycles. The van der Waals surface area contributed by atoms with E-state index in [1.807, 2.05) is 26.0 Å². The number of hydrogen-bond donors (Lipinski definition) is 0. The molecule has 1 fully saturated rings. The van der Waals surface area contributed by atoms with Crippen molar-refractivity contribution < 1.29 is 27.8 Å². The molecular weight excluding hydrogens is 541 g/mol. The van der Waals surface area contributed by atoms with Crippen LogP contribution in [0.15, 0.2) is 84.8 Å². The minimum atomic E-state index is -3.71. The number of ether oxygens (including phenoxy) is 1. The Kier molecular flexibility index (Phi) is 8.37. The molecule has 0 aromatic heterocycles. The quantitative estimate of drug-likeness (QED) is 0.117. The first-order chi connectivity index (χ1) is 18.7. The fourth-order valence-electron chi connectivity index (χ4n) is 5.18. The third kappa shape index (κ3) is 5.25. The molecule has 9 heteroatoms. The molecule has 2 aromatic carbocycles. The van der Waals surface area contributed by atoms with Crippen LogP contribution in [0, 0.1) is 11.8 Å². The molecule has 1 unspecified atom stereocenters. The van der Waals surface area contributed by atoms with E-state index in [0.717, 1.165) is 0 Å². The summed E-state index contributed by atoms with van der Waals surface area (Å²) in [6, 6.07) is 17.5. The van der Waals surface area contributed by atoms with Gasteiger partial charge in [-0.2, -0.15) is 0 Å². The number of benzene rings is 2. The topological polar surface area (TPSA) is 82.1 Å². The summed E-state index contributed by atoms with van der Waals surface area (Å²) in [6.07, 6.45) is 1.10. The van der Waals surface area contributed by atoms with E-state index in [2.05, 4.69) is 40.4 Å². The summed E-state index contributed by atoms with van der Waals surface area (Å²) in [6.45, 7) is 18.2. The summed E-state index contributed by atoms with van der Waals surface area (Å²) in [4.78, 5) is 28.5. The Bertz CT molecular complexity index is 1310. The number of esters is 1. The molecule has 2 aromatic rings. The predicted molar refractivity (Wildman–Crippen MR) is 160 cm³/mol. The van der Waals surface area contributed by atoms with E-state index in [1.54, 1.807) is 48.5 Å². The van der Waals surface area contributed by atoms with Crippen LogP contribution >= 0.6 is 7.37 Å². The van der Waals surface area contributed by atoms with Crippen molar-refractivity contribution in [1.29, 1.82) is 0 Å². The van der Waals surface area contributed by atoms with Crippen molar-refractivity contribution in [2.75, 3.05) is 6.61 Å². The highest BCUT2D eigenvalue weighted by atomic mass is 31.2. The van der Waals surface area contributed by atoms with Gasteiger partial charge in [0.1, 0.15) is 12.4 Å². The molecule has 0 spiro atoms. The molecule has 0 aliphatic carbocycles. The second-order valence-corrected chi connectivity index (χ2v) is 19.1. The first-order valence-corrected chi connectivity index (χ1v) is 18.2. The first kappa shape index (κ1) is 30.0. The molecule has 0 saturated carbocycles. The highest BCUT2D eigenvalue weighted by molar-refractivity contribution is 7.74. The third-order valence-corrected chi connectivity index (χ3v) is 15.3. The van der Waals surface area contributed by atoms with Crippen LogP contribution in [0.25, 0.3) is 0 Å². The Morgan fingerprint density at radius 2 is 1.60 bits per heavy atom. The van der Waals surface area contributed by atoms with E-state index < -0.39 is 33.5 Å². The highest BCUT2D eigenvalue weighted by Gasteiger charge is 2.62. The van der Waals surface area contributed by atoms with Crippen molar-refractivity contribution in [2.24, 2.45) is 11.8 Å². The maximum absolute atomic E-state index is 14.8. The highest BCUT2D eigenvalue weighted by Crippen LogP contribution is 2.55. The predicted octanol–water partition coefficient (Wildman–Crippen LogP) is 5.76. The van der Waals surface area contributed by atoms with Gasteiger partial charge in [-0.1, -0.05) is 76.7 Å². The summed E-state index contributed by atoms with van der Waals surface area (Å²) in [5.41, 5.74) is 0.00668. The van der Waals surface area contributed by atoms with Gasteiger partial charge in [0.05, 0.1) is 28.7 Å². The lowest BCUT2D eigenvalue weighted by atomic mass is 9.79. The number of carbonyl (C=O) groups is 2. The van der Waals surface area contributed by atoms with E-state index in [1.165, 1.54) is 11.0 Å². The molecular formula is C31H40NO6PSi. The van der Waals surface area contributed by atoms with Crippen LogP contribution in [-0.4, -0.2) is 43.8 Å². The SMILES string of the molecule is C=CCOC(=O)C1=C(OP(=O)(c2ccccc2)c2ccccc2)[C@H](C)[C@@H]2[C@@H](C(C)O[Si](C)(C)C(C)(C)C)C(=O)N12. The zero-order valence-corrected chi connectivity index (χ0v) is 26.3. The maximum Gasteiger partial charge on any atom is 0.358 e. The summed E-state index contributed by atoms with van der Waals surface area (Å²) >= 11 is 0. The second kappa shape index (κ2) is 11.2. The standard InChI is InChI=1S/C31H40NO6PSi/c1-9-20-36-30(34)27-28(37-39(35,23-16-12-10-13-17-23)24-18-14-11-15-19-24)21(2)26-25(29(33)32(26)27)22(3)38-40(7,8)31(4,5)6/h9-19,21-22,25-26H,1,20H2,2-8H3/t21-,22?,25-,26-/m1/s1. The molecule has 0 bridgehead atoms. The van der Waals surface area contributed by atoms with Gasteiger partial charge < -0.3 is 13.7 Å². The number of amides is 1. The zero-order valence-electron chi connectivity index (χ0n) is 24.4. The van der Waals surface area contributed by atoms with Crippen LogP contribution in [0.1, 0.15) is 34.6 Å². The van der Waals surface area contributed by atoms with E-state index in [0.29, 0.717) is 10.6 Å². The average Bonchev–Trinajstić information content (AvgIpc) is 3.14. The molecule has 40 heavy (non-hydrogen) atoms. The van der Waals surface area contributed by atoms with Crippen molar-refractivity contribution in [2.45, 2.75) is 64.9 Å². The molecule has 0 radical (unpaired) electrons. The summed E-state index contributed by atoms with van der Waals surface area (Å²) in [7, 11) is -5.88. The van der Waals surface area contributed by atoms with Crippen molar-refractivity contribution in [3.05, 3.63) is 84.8 Å². The number of fused-ring (bicyclic) bond motifs is 1. The van der Waals surface area contributed by atoms with Gasteiger partial charge in [-0.05, 0) is 49.3 Å². The van der Waals surface area contributed by atoms with Crippen molar-refractivity contribution in [3.8, 4) is 0 Å². The Morgan fingerprint density at radius 3 is 2.08 bits per heavy atom. The molecule has 0 N–H and O–H groups in total. The Hall–Kier alpha value is -2.93. The largest absolute Gasteiger partial charge is 0.457 e. The van der Waals surface area contributed by atoms with Crippen LogP contribution in [0.3, 0.4) is 0 Å². The van der Waals surface area contributed by atoms with Crippen LogP contribution in [0.5, 0.6) is 0 Å². The fourth-order valence-corrected chi connectivity index (χ4v) is 8.78. The van der Waals surface area contributed by atoms with E-state index in [9.17, 15) is 14.2 Å². The number of rotatable bonds is 10. The average molecular weight is 582 g/mol. The van der Waals surface area contributed by atoms with Crippen LogP contribution in [0.4, 0.5) is 0 Å². The Balaban J connectivity index is 1.76. The number of nitrogens with zero attached hydrogens (tertiary/aromatic N) is 1. The zero-order chi connectivity index (χ0) is 29.5. The molecule has 7 nitrogen and oxygen atoms in total. The molecule has 214 valence electrons. The molecule has 4 rings (SSSR count). The van der Waals surface area contributed by atoms with Crippen LogP contribution in [0.2, 0.25) is 18.1 Å². The molecule has 2 aliphatic rings. The minimum absolute atomic E-state index is 0.00668. The van der Waals surface area contributed by atoms with Gasteiger partial charge in [0.2, 0.25) is 5.91 Å². The summed E-state index contributed by atoms with van der Waals surface area (Å²) in [5.74, 6) is -1.62. The third-order valence-electron chi connectivity index (χ3n) is 8.33. The van der Waals surface area contributed by atoms with E-state index in [4.69, 9.17) is 13.7 Å². The van der Waals surface area contributed by atoms with Gasteiger partial charge in [-0.15, -0.1) is 0 Å². The van der Waals surface area contributed by atoms with Gasteiger partial charge in [-0.25, -0.2) is 4.79 Å². The monoisotopic (exact) mass is 581 g/mol. The lowest BCUT2D eigenvalue weighted by Gasteiger charge is -2.49. The number of carbonyl (C=O) groups excluding carboxylic acids is 2. The molecule has 1 saturated heterocycles. The van der Waals surface area contributed by atoms with Gasteiger partial charge in [0.25, 0.3) is 0 Å². The number of β-lactam (4-membered cyclic amide) rings is 1.